The zero-order chi connectivity index (χ0) is 8.69. The van der Waals surface area contributed by atoms with Crippen LogP contribution in [0.2, 0.25) is 0 Å². The molecule has 0 saturated carbocycles. The van der Waals surface area contributed by atoms with Crippen molar-refractivity contribution in [2.45, 2.75) is 32.8 Å². The average molecular weight is 178 g/mol. The normalized spacial score (nSPS) is 17.0. The lowest BCUT2D eigenvalue weighted by molar-refractivity contribution is 0.243. The maximum absolute atomic E-state index is 10.2. The van der Waals surface area contributed by atoms with E-state index in [1.54, 1.807) is 6.08 Å². The van der Waals surface area contributed by atoms with Gasteiger partial charge in [0.15, 0.2) is 0 Å². The Morgan fingerprint density at radius 3 is 2.64 bits per heavy atom. The van der Waals surface area contributed by atoms with Crippen molar-refractivity contribution in [3.63, 3.8) is 0 Å². The molecule has 1 N–H and O–H groups in total. The Morgan fingerprint density at radius 2 is 2.27 bits per heavy atom. The lowest BCUT2D eigenvalue weighted by atomic mass is 10.2. The highest BCUT2D eigenvalue weighted by Gasteiger charge is 2.04. The standard InChI is InChI=1S/C7H14O3S/c1-3-5-6-7(4-2)10-11(8)9/h5-7H,3-4H2,1-2H3,(H,8,9). The van der Waals surface area contributed by atoms with Gasteiger partial charge in [-0.25, -0.2) is 0 Å². The summed E-state index contributed by atoms with van der Waals surface area (Å²) in [6, 6.07) is 0. The first-order valence-corrected chi connectivity index (χ1v) is 4.68. The Balaban J connectivity index is 3.75. The fourth-order valence-electron chi connectivity index (χ4n) is 0.630. The molecular formula is C7H14O3S. The smallest absolute Gasteiger partial charge is 0.284 e. The molecule has 4 heteroatoms. The monoisotopic (exact) mass is 178 g/mol. The second-order valence-electron chi connectivity index (χ2n) is 2.10. The summed E-state index contributed by atoms with van der Waals surface area (Å²) in [5, 5.41) is 0. The van der Waals surface area contributed by atoms with Crippen molar-refractivity contribution in [2.75, 3.05) is 0 Å². The first-order chi connectivity index (χ1) is 5.20. The van der Waals surface area contributed by atoms with Gasteiger partial charge in [0, 0.05) is 0 Å². The van der Waals surface area contributed by atoms with E-state index < -0.39 is 11.4 Å². The summed E-state index contributed by atoms with van der Waals surface area (Å²) < 4.78 is 23.2. The van der Waals surface area contributed by atoms with Gasteiger partial charge >= 0.3 is 11.4 Å². The number of rotatable bonds is 5. The third-order valence-corrected chi connectivity index (χ3v) is 1.61. The molecular weight excluding hydrogens is 164 g/mol. The van der Waals surface area contributed by atoms with Gasteiger partial charge in [-0.3, -0.25) is 8.74 Å². The molecule has 0 amide bonds. The molecule has 0 aliphatic rings. The van der Waals surface area contributed by atoms with E-state index in [-0.39, 0.29) is 6.10 Å². The van der Waals surface area contributed by atoms with E-state index in [0.717, 1.165) is 6.42 Å². The minimum absolute atomic E-state index is 0.235. The van der Waals surface area contributed by atoms with Crippen LogP contribution in [0.25, 0.3) is 0 Å². The highest BCUT2D eigenvalue weighted by atomic mass is 32.2. The van der Waals surface area contributed by atoms with Crippen LogP contribution in [0, 0.1) is 0 Å². The highest BCUT2D eigenvalue weighted by molar-refractivity contribution is 7.74. The molecule has 0 bridgehead atoms. The van der Waals surface area contributed by atoms with E-state index in [2.05, 4.69) is 4.18 Å². The van der Waals surface area contributed by atoms with Gasteiger partial charge in [0.05, 0.1) is 6.10 Å². The molecule has 0 spiro atoms. The lowest BCUT2D eigenvalue weighted by Crippen LogP contribution is -2.09. The maximum atomic E-state index is 10.2. The zero-order valence-corrected chi connectivity index (χ0v) is 7.63. The van der Waals surface area contributed by atoms with Gasteiger partial charge in [0.1, 0.15) is 0 Å². The Labute approximate surface area is 69.9 Å². The van der Waals surface area contributed by atoms with Gasteiger partial charge in [-0.15, -0.1) is 0 Å². The average Bonchev–Trinajstić information content (AvgIpc) is 1.97. The topological polar surface area (TPSA) is 46.5 Å². The van der Waals surface area contributed by atoms with Gasteiger partial charge in [-0.2, -0.15) is 4.21 Å². The van der Waals surface area contributed by atoms with Crippen LogP contribution in [0.15, 0.2) is 12.2 Å². The maximum Gasteiger partial charge on any atom is 0.302 e. The van der Waals surface area contributed by atoms with E-state index >= 15 is 0 Å². The quantitative estimate of drug-likeness (QED) is 0.516. The van der Waals surface area contributed by atoms with E-state index in [0.29, 0.717) is 6.42 Å². The van der Waals surface area contributed by atoms with Crippen LogP contribution >= 0.6 is 0 Å². The molecule has 3 nitrogen and oxygen atoms in total. The summed E-state index contributed by atoms with van der Waals surface area (Å²) in [5.41, 5.74) is 0. The fraction of sp³-hybridized carbons (Fsp3) is 0.714. The molecule has 0 radical (unpaired) electrons. The molecule has 0 aromatic rings. The summed E-state index contributed by atoms with van der Waals surface area (Å²) in [5.74, 6) is 0. The number of hydrogen-bond donors (Lipinski definition) is 1. The predicted octanol–water partition coefficient (Wildman–Crippen LogP) is 1.88. The molecule has 0 aliphatic heterocycles. The van der Waals surface area contributed by atoms with Gasteiger partial charge in [-0.05, 0) is 12.8 Å². The van der Waals surface area contributed by atoms with Crippen LogP contribution in [0.1, 0.15) is 26.7 Å². The van der Waals surface area contributed by atoms with Crippen molar-refractivity contribution in [1.29, 1.82) is 0 Å². The summed E-state index contributed by atoms with van der Waals surface area (Å²) in [4.78, 5) is 0. The molecule has 0 aromatic carbocycles. The van der Waals surface area contributed by atoms with Gasteiger partial charge < -0.3 is 0 Å². The molecule has 0 aliphatic carbocycles. The molecule has 0 fully saturated rings. The Bertz CT molecular complexity index is 145. The van der Waals surface area contributed by atoms with E-state index in [9.17, 15) is 4.21 Å². The highest BCUT2D eigenvalue weighted by Crippen LogP contribution is 2.01. The van der Waals surface area contributed by atoms with Crippen molar-refractivity contribution < 1.29 is 12.9 Å². The van der Waals surface area contributed by atoms with E-state index in [1.807, 2.05) is 19.9 Å². The largest absolute Gasteiger partial charge is 0.302 e. The van der Waals surface area contributed by atoms with E-state index in [4.69, 9.17) is 4.55 Å². The molecule has 0 heterocycles. The number of hydrogen-bond acceptors (Lipinski definition) is 2. The first kappa shape index (κ1) is 10.8. The van der Waals surface area contributed by atoms with Gasteiger partial charge in [0.25, 0.3) is 0 Å². The molecule has 0 rings (SSSR count). The van der Waals surface area contributed by atoms with Crippen LogP contribution in [-0.4, -0.2) is 14.9 Å². The second kappa shape index (κ2) is 6.52. The molecule has 0 saturated heterocycles. The van der Waals surface area contributed by atoms with Crippen molar-refractivity contribution in [3.8, 4) is 0 Å². The van der Waals surface area contributed by atoms with Crippen LogP contribution in [-0.2, 0) is 15.5 Å². The van der Waals surface area contributed by atoms with Crippen molar-refractivity contribution in [3.05, 3.63) is 12.2 Å². The summed E-state index contributed by atoms with van der Waals surface area (Å²) in [6.07, 6.45) is 5.11. The Hall–Kier alpha value is -0.190. The molecule has 66 valence electrons. The van der Waals surface area contributed by atoms with Crippen molar-refractivity contribution >= 4 is 11.4 Å². The first-order valence-electron chi connectivity index (χ1n) is 3.65. The van der Waals surface area contributed by atoms with E-state index in [1.165, 1.54) is 0 Å². The Kier molecular flexibility index (Phi) is 6.40. The van der Waals surface area contributed by atoms with Crippen LogP contribution < -0.4 is 0 Å². The summed E-state index contributed by atoms with van der Waals surface area (Å²) in [6.45, 7) is 3.90. The fourth-order valence-corrected chi connectivity index (χ4v) is 1.04. The number of allylic oxidation sites excluding steroid dienone is 1. The summed E-state index contributed by atoms with van der Waals surface area (Å²) >= 11 is -2.15. The molecule has 0 aromatic heterocycles. The molecule has 2 unspecified atom stereocenters. The molecule has 11 heavy (non-hydrogen) atoms. The SMILES string of the molecule is CCC=CC(CC)OS(=O)O. The summed E-state index contributed by atoms with van der Waals surface area (Å²) in [7, 11) is 0. The lowest BCUT2D eigenvalue weighted by Gasteiger charge is -2.05. The van der Waals surface area contributed by atoms with Crippen LogP contribution in [0.4, 0.5) is 0 Å². The van der Waals surface area contributed by atoms with Crippen LogP contribution in [0.3, 0.4) is 0 Å². The Morgan fingerprint density at radius 1 is 1.64 bits per heavy atom. The minimum Gasteiger partial charge on any atom is -0.284 e. The third-order valence-electron chi connectivity index (χ3n) is 1.19. The van der Waals surface area contributed by atoms with Gasteiger partial charge in [-0.1, -0.05) is 26.0 Å². The van der Waals surface area contributed by atoms with Crippen molar-refractivity contribution in [2.24, 2.45) is 0 Å². The predicted molar refractivity (Wildman–Crippen MR) is 45.4 cm³/mol. The van der Waals surface area contributed by atoms with Crippen molar-refractivity contribution in [1.82, 2.24) is 0 Å². The minimum atomic E-state index is -2.15. The molecule has 2 atom stereocenters. The van der Waals surface area contributed by atoms with Crippen LogP contribution in [0.5, 0.6) is 0 Å². The van der Waals surface area contributed by atoms with Gasteiger partial charge in [0.2, 0.25) is 0 Å². The zero-order valence-electron chi connectivity index (χ0n) is 6.82. The second-order valence-corrected chi connectivity index (χ2v) is 2.72. The third kappa shape index (κ3) is 6.22.